The number of hydrogen-bond donors (Lipinski definition) is 1. The predicted octanol–water partition coefficient (Wildman–Crippen LogP) is 3.55. The Bertz CT molecular complexity index is 1110. The molecule has 1 saturated heterocycles. The van der Waals surface area contributed by atoms with Gasteiger partial charge in [-0.3, -0.25) is 9.59 Å². The zero-order valence-corrected chi connectivity index (χ0v) is 15.7. The van der Waals surface area contributed by atoms with Crippen molar-refractivity contribution in [3.05, 3.63) is 69.5 Å². The molecule has 1 aliphatic rings. The number of carbonyl (C=O) groups is 2. The van der Waals surface area contributed by atoms with Crippen LogP contribution in [0.4, 0.5) is 11.4 Å². The van der Waals surface area contributed by atoms with Crippen molar-refractivity contribution in [1.29, 1.82) is 0 Å². The second-order valence-electron chi connectivity index (χ2n) is 6.35. The quantitative estimate of drug-likeness (QED) is 0.649. The van der Waals surface area contributed by atoms with E-state index in [0.29, 0.717) is 23.2 Å². The molecule has 6 nitrogen and oxygen atoms in total. The zero-order chi connectivity index (χ0) is 19.0. The normalized spacial score (nSPS) is 16.7. The molecule has 0 saturated carbocycles. The Morgan fingerprint density at radius 3 is 2.74 bits per heavy atom. The van der Waals surface area contributed by atoms with E-state index in [0.717, 1.165) is 10.2 Å². The largest absolute Gasteiger partial charge is 0.423 e. The first kappa shape index (κ1) is 17.5. The summed E-state index contributed by atoms with van der Waals surface area (Å²) in [5.41, 5.74) is 1.39. The van der Waals surface area contributed by atoms with Crippen LogP contribution in [-0.4, -0.2) is 18.4 Å². The molecule has 7 heteroatoms. The van der Waals surface area contributed by atoms with Gasteiger partial charge in [-0.05, 0) is 52.3 Å². The van der Waals surface area contributed by atoms with E-state index in [2.05, 4.69) is 21.2 Å². The molecule has 27 heavy (non-hydrogen) atoms. The van der Waals surface area contributed by atoms with Crippen molar-refractivity contribution in [3.63, 3.8) is 0 Å². The van der Waals surface area contributed by atoms with Gasteiger partial charge >= 0.3 is 5.63 Å². The van der Waals surface area contributed by atoms with Crippen molar-refractivity contribution in [2.75, 3.05) is 16.8 Å². The lowest BCUT2D eigenvalue weighted by Crippen LogP contribution is -2.28. The van der Waals surface area contributed by atoms with Gasteiger partial charge in [-0.25, -0.2) is 4.79 Å². The number of nitrogens with one attached hydrogen (secondary N) is 1. The first-order valence-electron chi connectivity index (χ1n) is 8.41. The average Bonchev–Trinajstić information content (AvgIpc) is 3.04. The first-order valence-corrected chi connectivity index (χ1v) is 9.20. The minimum Gasteiger partial charge on any atom is -0.423 e. The van der Waals surface area contributed by atoms with Gasteiger partial charge < -0.3 is 14.6 Å². The number of benzene rings is 2. The van der Waals surface area contributed by atoms with E-state index >= 15 is 0 Å². The number of hydrogen-bond acceptors (Lipinski definition) is 4. The van der Waals surface area contributed by atoms with E-state index in [1.54, 1.807) is 29.2 Å². The zero-order valence-electron chi connectivity index (χ0n) is 14.1. The lowest BCUT2D eigenvalue weighted by molar-refractivity contribution is -0.122. The fourth-order valence-corrected chi connectivity index (χ4v) is 3.68. The molecule has 1 fully saturated rings. The number of amides is 2. The molecule has 2 aromatic carbocycles. The number of fused-ring (bicyclic) bond motifs is 1. The van der Waals surface area contributed by atoms with Crippen LogP contribution < -0.4 is 15.8 Å². The highest BCUT2D eigenvalue weighted by Gasteiger charge is 2.35. The molecule has 2 amide bonds. The Morgan fingerprint density at radius 1 is 1.11 bits per heavy atom. The fraction of sp³-hybridized carbons (Fsp3) is 0.150. The highest BCUT2D eigenvalue weighted by Crippen LogP contribution is 2.31. The monoisotopic (exact) mass is 426 g/mol. The molecule has 3 aromatic rings. The van der Waals surface area contributed by atoms with Gasteiger partial charge in [0.05, 0.1) is 11.6 Å². The highest BCUT2D eigenvalue weighted by atomic mass is 79.9. The molecule has 1 aromatic heterocycles. The van der Waals surface area contributed by atoms with Crippen LogP contribution in [0.5, 0.6) is 0 Å². The lowest BCUT2D eigenvalue weighted by atomic mass is 10.1. The Labute approximate surface area is 162 Å². The summed E-state index contributed by atoms with van der Waals surface area (Å²) in [5.74, 6) is -0.731. The third kappa shape index (κ3) is 3.50. The highest BCUT2D eigenvalue weighted by molar-refractivity contribution is 9.10. The number of para-hydroxylation sites is 1. The van der Waals surface area contributed by atoms with Crippen LogP contribution >= 0.6 is 15.9 Å². The molecule has 1 atom stereocenters. The summed E-state index contributed by atoms with van der Waals surface area (Å²) in [6, 6.07) is 15.5. The second kappa shape index (κ2) is 7.00. The third-order valence-electron chi connectivity index (χ3n) is 4.53. The van der Waals surface area contributed by atoms with Crippen molar-refractivity contribution in [2.45, 2.75) is 6.42 Å². The van der Waals surface area contributed by atoms with Crippen molar-refractivity contribution >= 4 is 50.1 Å². The minimum absolute atomic E-state index is 0.0812. The molecule has 1 N–H and O–H groups in total. The molecule has 136 valence electrons. The first-order chi connectivity index (χ1) is 13.0. The average molecular weight is 427 g/mol. The Balaban J connectivity index is 1.50. The molecule has 0 spiro atoms. The summed E-state index contributed by atoms with van der Waals surface area (Å²) >= 11 is 3.45. The topological polar surface area (TPSA) is 79.6 Å². The van der Waals surface area contributed by atoms with Crippen LogP contribution in [0.1, 0.15) is 6.42 Å². The Hall–Kier alpha value is -2.93. The van der Waals surface area contributed by atoms with Gasteiger partial charge in [-0.15, -0.1) is 0 Å². The van der Waals surface area contributed by atoms with Gasteiger partial charge in [0.2, 0.25) is 11.8 Å². The molecule has 0 unspecified atom stereocenters. The maximum absolute atomic E-state index is 12.6. The van der Waals surface area contributed by atoms with Gasteiger partial charge in [0.15, 0.2) is 0 Å². The second-order valence-corrected chi connectivity index (χ2v) is 7.21. The SMILES string of the molecule is O=C(Nc1ccc2oc(=O)ccc2c1)[C@H]1CC(=O)N(c2ccccc2Br)C1. The lowest BCUT2D eigenvalue weighted by Gasteiger charge is -2.18. The van der Waals surface area contributed by atoms with E-state index in [-0.39, 0.29) is 18.2 Å². The molecular formula is C20H15BrN2O4. The minimum atomic E-state index is -0.436. The smallest absolute Gasteiger partial charge is 0.336 e. The van der Waals surface area contributed by atoms with Crippen LogP contribution in [0, 0.1) is 5.92 Å². The van der Waals surface area contributed by atoms with E-state index in [4.69, 9.17) is 4.42 Å². The summed E-state index contributed by atoms with van der Waals surface area (Å²) in [4.78, 5) is 37.9. The Morgan fingerprint density at radius 2 is 1.93 bits per heavy atom. The van der Waals surface area contributed by atoms with Gasteiger partial charge in [0, 0.05) is 34.6 Å². The van der Waals surface area contributed by atoms with Gasteiger partial charge in [-0.1, -0.05) is 12.1 Å². The molecule has 2 heterocycles. The number of anilines is 2. The van der Waals surface area contributed by atoms with Crippen LogP contribution in [0.3, 0.4) is 0 Å². The van der Waals surface area contributed by atoms with E-state index in [1.165, 1.54) is 6.07 Å². The Kier molecular flexibility index (Phi) is 4.53. The van der Waals surface area contributed by atoms with E-state index < -0.39 is 11.5 Å². The standard InChI is InChI=1S/C20H15BrN2O4/c21-15-3-1-2-4-16(15)23-11-13(10-18(23)24)20(26)22-14-6-7-17-12(9-14)5-8-19(25)27-17/h1-9,13H,10-11H2,(H,22,26)/t13-/m0/s1. The molecule has 1 aliphatic heterocycles. The maximum Gasteiger partial charge on any atom is 0.336 e. The summed E-state index contributed by atoms with van der Waals surface area (Å²) < 4.78 is 5.90. The van der Waals surface area contributed by atoms with Gasteiger partial charge in [0.25, 0.3) is 0 Å². The molecular weight excluding hydrogens is 412 g/mol. The van der Waals surface area contributed by atoms with E-state index in [1.807, 2.05) is 24.3 Å². The predicted molar refractivity (Wildman–Crippen MR) is 106 cm³/mol. The van der Waals surface area contributed by atoms with Crippen molar-refractivity contribution in [1.82, 2.24) is 0 Å². The molecule has 0 aliphatic carbocycles. The fourth-order valence-electron chi connectivity index (χ4n) is 3.18. The van der Waals surface area contributed by atoms with Crippen molar-refractivity contribution in [2.24, 2.45) is 5.92 Å². The van der Waals surface area contributed by atoms with Crippen LogP contribution in [0.25, 0.3) is 11.0 Å². The van der Waals surface area contributed by atoms with Crippen LogP contribution in [-0.2, 0) is 9.59 Å². The third-order valence-corrected chi connectivity index (χ3v) is 5.20. The van der Waals surface area contributed by atoms with Gasteiger partial charge in [0.1, 0.15) is 5.58 Å². The maximum atomic E-state index is 12.6. The number of carbonyl (C=O) groups excluding carboxylic acids is 2. The summed E-state index contributed by atoms with van der Waals surface area (Å²) in [7, 11) is 0. The van der Waals surface area contributed by atoms with Crippen molar-refractivity contribution < 1.29 is 14.0 Å². The summed E-state index contributed by atoms with van der Waals surface area (Å²) in [6.07, 6.45) is 0.162. The molecule has 0 radical (unpaired) electrons. The number of rotatable bonds is 3. The van der Waals surface area contributed by atoms with Crippen LogP contribution in [0.15, 0.2) is 68.3 Å². The number of nitrogens with zero attached hydrogens (tertiary/aromatic N) is 1. The van der Waals surface area contributed by atoms with Gasteiger partial charge in [-0.2, -0.15) is 0 Å². The van der Waals surface area contributed by atoms with Crippen LogP contribution in [0.2, 0.25) is 0 Å². The number of halogens is 1. The summed E-state index contributed by atoms with van der Waals surface area (Å²) in [5, 5.41) is 3.56. The van der Waals surface area contributed by atoms with E-state index in [9.17, 15) is 14.4 Å². The molecule has 4 rings (SSSR count). The molecule has 0 bridgehead atoms. The van der Waals surface area contributed by atoms with Crippen molar-refractivity contribution in [3.8, 4) is 0 Å². The summed E-state index contributed by atoms with van der Waals surface area (Å²) in [6.45, 7) is 0.329.